The van der Waals surface area contributed by atoms with E-state index in [0.717, 1.165) is 19.4 Å². The number of halogens is 2. The van der Waals surface area contributed by atoms with Gasteiger partial charge in [-0.25, -0.2) is 18.4 Å². The molecular weight excluding hydrogens is 435 g/mol. The van der Waals surface area contributed by atoms with Crippen molar-refractivity contribution in [2.45, 2.75) is 23.8 Å². The molecule has 2 aromatic carbocycles. The Morgan fingerprint density at radius 2 is 1.79 bits per heavy atom. The van der Waals surface area contributed by atoms with Crippen LogP contribution in [-0.4, -0.2) is 37.6 Å². The quantitative estimate of drug-likeness (QED) is 0.577. The van der Waals surface area contributed by atoms with Crippen LogP contribution in [0, 0.1) is 0 Å². The molecule has 0 amide bonds. The molecule has 0 spiro atoms. The lowest BCUT2D eigenvalue weighted by Gasteiger charge is -2.16. The van der Waals surface area contributed by atoms with E-state index in [0.29, 0.717) is 23.4 Å². The summed E-state index contributed by atoms with van der Waals surface area (Å²) in [5.74, 6) is 0.402. The van der Waals surface area contributed by atoms with E-state index in [1.165, 1.54) is 18.2 Å². The number of benzene rings is 2. The molecule has 1 fully saturated rings. The van der Waals surface area contributed by atoms with Crippen molar-refractivity contribution in [1.82, 2.24) is 9.97 Å². The molecule has 1 atom stereocenters. The molecule has 2 N–H and O–H groups in total. The van der Waals surface area contributed by atoms with Gasteiger partial charge in [0.1, 0.15) is 4.90 Å². The minimum Gasteiger partial charge on any atom is -0.376 e. The van der Waals surface area contributed by atoms with Crippen molar-refractivity contribution in [3.63, 3.8) is 0 Å². The predicted molar refractivity (Wildman–Crippen MR) is 114 cm³/mol. The minimum atomic E-state index is -4.04. The van der Waals surface area contributed by atoms with Crippen LogP contribution in [0.2, 0.25) is 10.0 Å². The first-order valence-electron chi connectivity index (χ1n) is 9.02. The van der Waals surface area contributed by atoms with Gasteiger partial charge in [0, 0.05) is 18.2 Å². The second-order valence-corrected chi connectivity index (χ2v) is 9.10. The van der Waals surface area contributed by atoms with Crippen LogP contribution in [0.3, 0.4) is 0 Å². The van der Waals surface area contributed by atoms with Crippen molar-refractivity contribution in [2.75, 3.05) is 23.2 Å². The van der Waals surface area contributed by atoms with Crippen LogP contribution < -0.4 is 10.0 Å². The van der Waals surface area contributed by atoms with Crippen LogP contribution in [0.4, 0.5) is 11.6 Å². The molecule has 0 aliphatic carbocycles. The van der Waals surface area contributed by atoms with Gasteiger partial charge in [-0.15, -0.1) is 0 Å². The van der Waals surface area contributed by atoms with Gasteiger partial charge in [-0.3, -0.25) is 4.72 Å². The fourth-order valence-electron chi connectivity index (χ4n) is 3.08. The number of nitrogens with zero attached hydrogens (tertiary/aromatic N) is 2. The van der Waals surface area contributed by atoms with Crippen molar-refractivity contribution in [2.24, 2.45) is 0 Å². The van der Waals surface area contributed by atoms with E-state index in [2.05, 4.69) is 20.0 Å². The van der Waals surface area contributed by atoms with E-state index in [-0.39, 0.29) is 26.9 Å². The van der Waals surface area contributed by atoms with Crippen LogP contribution >= 0.6 is 23.2 Å². The summed E-state index contributed by atoms with van der Waals surface area (Å²) < 4.78 is 34.0. The van der Waals surface area contributed by atoms with Crippen LogP contribution in [-0.2, 0) is 14.8 Å². The molecule has 0 saturated carbocycles. The standard InChI is InChI=1S/C19H18Cl2N4O3S/c20-12-7-8-14(21)17(10-12)29(26,27)25-19-18(22-11-13-4-3-9-28-13)23-15-5-1-2-6-16(15)24-19/h1-2,5-8,10,13H,3-4,9,11H2,(H,22,23)(H,24,25)/t13-/m1/s1. The number of ether oxygens (including phenoxy) is 1. The van der Waals surface area contributed by atoms with Crippen LogP contribution in [0.25, 0.3) is 11.0 Å². The van der Waals surface area contributed by atoms with Crippen molar-refractivity contribution in [1.29, 1.82) is 0 Å². The van der Waals surface area contributed by atoms with E-state index >= 15 is 0 Å². The lowest BCUT2D eigenvalue weighted by molar-refractivity contribution is 0.120. The third-order valence-electron chi connectivity index (χ3n) is 4.51. The van der Waals surface area contributed by atoms with Crippen molar-refractivity contribution in [3.05, 3.63) is 52.5 Å². The van der Waals surface area contributed by atoms with E-state index in [1.807, 2.05) is 18.2 Å². The molecular formula is C19H18Cl2N4O3S. The molecule has 3 aromatic rings. The van der Waals surface area contributed by atoms with E-state index in [4.69, 9.17) is 27.9 Å². The Labute approximate surface area is 178 Å². The van der Waals surface area contributed by atoms with E-state index in [9.17, 15) is 8.42 Å². The predicted octanol–water partition coefficient (Wildman–Crippen LogP) is 4.33. The fraction of sp³-hybridized carbons (Fsp3) is 0.263. The second kappa shape index (κ2) is 8.31. The summed E-state index contributed by atoms with van der Waals surface area (Å²) >= 11 is 12.0. The number of nitrogens with one attached hydrogen (secondary N) is 2. The van der Waals surface area contributed by atoms with Crippen molar-refractivity contribution >= 4 is 55.9 Å². The number of sulfonamides is 1. The summed E-state index contributed by atoms with van der Waals surface area (Å²) in [5, 5.41) is 3.48. The van der Waals surface area contributed by atoms with Crippen LogP contribution in [0.1, 0.15) is 12.8 Å². The van der Waals surface area contributed by atoms with Gasteiger partial charge in [0.2, 0.25) is 0 Å². The monoisotopic (exact) mass is 452 g/mol. The molecule has 7 nitrogen and oxygen atoms in total. The smallest absolute Gasteiger partial charge is 0.264 e. The summed E-state index contributed by atoms with van der Waals surface area (Å²) in [7, 11) is -4.04. The molecule has 4 rings (SSSR count). The summed E-state index contributed by atoms with van der Waals surface area (Å²) in [6.45, 7) is 1.22. The van der Waals surface area contributed by atoms with E-state index < -0.39 is 10.0 Å². The minimum absolute atomic E-state index is 0.0510. The normalized spacial score (nSPS) is 16.8. The molecule has 0 radical (unpaired) electrons. The molecule has 1 aromatic heterocycles. The van der Waals surface area contributed by atoms with Gasteiger partial charge in [0.25, 0.3) is 10.0 Å². The molecule has 152 valence electrons. The number of hydrogen-bond acceptors (Lipinski definition) is 6. The van der Waals surface area contributed by atoms with Gasteiger partial charge in [-0.05, 0) is 43.2 Å². The fourth-order valence-corrected chi connectivity index (χ4v) is 4.85. The highest BCUT2D eigenvalue weighted by atomic mass is 35.5. The Morgan fingerprint density at radius 3 is 2.48 bits per heavy atom. The van der Waals surface area contributed by atoms with Gasteiger partial charge < -0.3 is 10.1 Å². The molecule has 2 heterocycles. The first kappa shape index (κ1) is 20.2. The molecule has 1 aliphatic heterocycles. The average Bonchev–Trinajstić information content (AvgIpc) is 3.21. The second-order valence-electron chi connectivity index (χ2n) is 6.61. The highest BCUT2D eigenvalue weighted by molar-refractivity contribution is 7.92. The topological polar surface area (TPSA) is 93.2 Å². The summed E-state index contributed by atoms with van der Waals surface area (Å²) in [6, 6.07) is 11.5. The third-order valence-corrected chi connectivity index (χ3v) is 6.56. The summed E-state index contributed by atoms with van der Waals surface area (Å²) in [5.41, 5.74) is 1.20. The third kappa shape index (κ3) is 4.56. The van der Waals surface area contributed by atoms with E-state index in [1.54, 1.807) is 6.07 Å². The Balaban J connectivity index is 1.70. The number of aromatic nitrogens is 2. The zero-order valence-corrected chi connectivity index (χ0v) is 17.6. The Bertz CT molecular complexity index is 1150. The molecule has 0 unspecified atom stereocenters. The Kier molecular flexibility index (Phi) is 5.78. The van der Waals surface area contributed by atoms with Gasteiger partial charge in [0.15, 0.2) is 11.6 Å². The highest BCUT2D eigenvalue weighted by Gasteiger charge is 2.23. The van der Waals surface area contributed by atoms with Crippen LogP contribution in [0.5, 0.6) is 0 Å². The number of anilines is 2. The van der Waals surface area contributed by atoms with Crippen LogP contribution in [0.15, 0.2) is 47.4 Å². The maximum atomic E-state index is 12.9. The molecule has 10 heteroatoms. The molecule has 1 aliphatic rings. The zero-order chi connectivity index (χ0) is 20.4. The van der Waals surface area contributed by atoms with Gasteiger partial charge in [-0.2, -0.15) is 0 Å². The van der Waals surface area contributed by atoms with Gasteiger partial charge in [0.05, 0.1) is 22.2 Å². The van der Waals surface area contributed by atoms with Gasteiger partial charge >= 0.3 is 0 Å². The lowest BCUT2D eigenvalue weighted by atomic mass is 10.2. The van der Waals surface area contributed by atoms with Gasteiger partial charge in [-0.1, -0.05) is 35.3 Å². The molecule has 1 saturated heterocycles. The largest absolute Gasteiger partial charge is 0.376 e. The van der Waals surface area contributed by atoms with Crippen molar-refractivity contribution in [3.8, 4) is 0 Å². The summed E-state index contributed by atoms with van der Waals surface area (Å²) in [6.07, 6.45) is 1.99. The summed E-state index contributed by atoms with van der Waals surface area (Å²) in [4.78, 5) is 8.86. The maximum absolute atomic E-state index is 12.9. The average molecular weight is 453 g/mol. The molecule has 29 heavy (non-hydrogen) atoms. The van der Waals surface area contributed by atoms with Crippen molar-refractivity contribution < 1.29 is 13.2 Å². The maximum Gasteiger partial charge on any atom is 0.264 e. The Hall–Kier alpha value is -2.13. The Morgan fingerprint density at radius 1 is 1.07 bits per heavy atom. The first-order valence-corrected chi connectivity index (χ1v) is 11.3. The highest BCUT2D eigenvalue weighted by Crippen LogP contribution is 2.29. The number of hydrogen-bond donors (Lipinski definition) is 2. The zero-order valence-electron chi connectivity index (χ0n) is 15.2. The first-order chi connectivity index (χ1) is 13.9. The molecule has 0 bridgehead atoms. The number of para-hydroxylation sites is 2. The number of fused-ring (bicyclic) bond motifs is 1. The number of rotatable bonds is 6. The lowest BCUT2D eigenvalue weighted by Crippen LogP contribution is -2.21. The SMILES string of the molecule is O=S(=O)(Nc1nc2ccccc2nc1NC[C@H]1CCCO1)c1cc(Cl)ccc1Cl.